The van der Waals surface area contributed by atoms with Crippen molar-refractivity contribution in [1.82, 2.24) is 0 Å². The molecular weight excluding hydrogens is 200 g/mol. The van der Waals surface area contributed by atoms with Gasteiger partial charge in [-0.1, -0.05) is 12.1 Å². The number of rotatable bonds is 1. The lowest BCUT2D eigenvalue weighted by molar-refractivity contribution is 0.484. The minimum Gasteiger partial charge on any atom is -0.282 e. The molecule has 2 radical (unpaired) electrons. The van der Waals surface area contributed by atoms with Crippen LogP contribution in [0.1, 0.15) is 0 Å². The van der Waals surface area contributed by atoms with Crippen molar-refractivity contribution >= 4 is 20.9 Å². The maximum absolute atomic E-state index is 11.0. The highest BCUT2D eigenvalue weighted by atomic mass is 32.2. The molecule has 70 valence electrons. The van der Waals surface area contributed by atoms with Crippen molar-refractivity contribution in [3.05, 3.63) is 42.5 Å². The topological polar surface area (TPSA) is 54.4 Å². The lowest BCUT2D eigenvalue weighted by atomic mass is 10.1. The fraction of sp³-hybridized carbons (Fsp3) is 0. The average molecular weight is 206 g/mol. The van der Waals surface area contributed by atoms with Crippen molar-refractivity contribution in [2.45, 2.75) is 4.90 Å². The van der Waals surface area contributed by atoms with Crippen LogP contribution in [-0.4, -0.2) is 13.0 Å². The van der Waals surface area contributed by atoms with E-state index in [1.54, 1.807) is 18.2 Å². The Bertz CT molecular complexity index is 567. The van der Waals surface area contributed by atoms with Crippen molar-refractivity contribution in [3.8, 4) is 0 Å². The van der Waals surface area contributed by atoms with Crippen LogP contribution in [0.2, 0.25) is 0 Å². The molecule has 0 unspecified atom stereocenters. The van der Waals surface area contributed by atoms with E-state index in [1.807, 2.05) is 0 Å². The molecule has 0 aliphatic heterocycles. The van der Waals surface area contributed by atoms with Crippen LogP contribution in [0.4, 0.5) is 0 Å². The third-order valence-electron chi connectivity index (χ3n) is 1.88. The Kier molecular flexibility index (Phi) is 2.02. The first-order valence-corrected chi connectivity index (χ1v) is 5.31. The van der Waals surface area contributed by atoms with Crippen molar-refractivity contribution in [1.29, 1.82) is 0 Å². The van der Waals surface area contributed by atoms with Crippen LogP contribution >= 0.6 is 0 Å². The Morgan fingerprint density at radius 3 is 2.79 bits per heavy atom. The summed E-state index contributed by atoms with van der Waals surface area (Å²) in [6, 6.07) is 13.3. The van der Waals surface area contributed by atoms with Crippen molar-refractivity contribution in [3.63, 3.8) is 0 Å². The second kappa shape index (κ2) is 3.08. The van der Waals surface area contributed by atoms with Gasteiger partial charge in [-0.2, -0.15) is 8.42 Å². The molecular formula is C10H6O3S. The maximum Gasteiger partial charge on any atom is 0.295 e. The second-order valence-electron chi connectivity index (χ2n) is 2.80. The first-order chi connectivity index (χ1) is 6.59. The number of hydrogen-bond acceptors (Lipinski definition) is 2. The Labute approximate surface area is 81.7 Å². The van der Waals surface area contributed by atoms with E-state index in [0.29, 0.717) is 10.8 Å². The van der Waals surface area contributed by atoms with E-state index in [0.717, 1.165) is 0 Å². The van der Waals surface area contributed by atoms with Gasteiger partial charge in [0.2, 0.25) is 0 Å². The predicted octanol–water partition coefficient (Wildman–Crippen LogP) is 1.69. The third kappa shape index (κ3) is 1.49. The fourth-order valence-corrected chi connectivity index (χ4v) is 1.97. The van der Waals surface area contributed by atoms with Gasteiger partial charge in [0.05, 0.1) is 0 Å². The fourth-order valence-electron chi connectivity index (χ4n) is 1.28. The van der Waals surface area contributed by atoms with Gasteiger partial charge in [-0.3, -0.25) is 4.55 Å². The Hall–Kier alpha value is -1.39. The maximum atomic E-state index is 11.0. The highest BCUT2D eigenvalue weighted by molar-refractivity contribution is 7.86. The summed E-state index contributed by atoms with van der Waals surface area (Å²) in [7, 11) is -4.17. The monoisotopic (exact) mass is 206 g/mol. The predicted molar refractivity (Wildman–Crippen MR) is 51.4 cm³/mol. The van der Waals surface area contributed by atoms with Gasteiger partial charge in [-0.05, 0) is 35.7 Å². The Balaban J connectivity index is 2.92. The van der Waals surface area contributed by atoms with Crippen LogP contribution in [0.15, 0.2) is 35.2 Å². The lowest BCUT2D eigenvalue weighted by Gasteiger charge is -2.01. The second-order valence-corrected chi connectivity index (χ2v) is 4.19. The van der Waals surface area contributed by atoms with Crippen LogP contribution in [-0.2, 0) is 10.1 Å². The van der Waals surface area contributed by atoms with Crippen LogP contribution in [0, 0.1) is 12.1 Å². The molecule has 0 fully saturated rings. The molecule has 0 bridgehead atoms. The van der Waals surface area contributed by atoms with Crippen LogP contribution in [0.25, 0.3) is 10.8 Å². The summed E-state index contributed by atoms with van der Waals surface area (Å²) in [6.07, 6.45) is 0. The molecule has 2 rings (SSSR count). The van der Waals surface area contributed by atoms with Crippen LogP contribution in [0.3, 0.4) is 0 Å². The molecule has 0 saturated heterocycles. The molecule has 0 heterocycles. The number of hydrogen-bond donors (Lipinski definition) is 1. The number of fused-ring (bicyclic) bond motifs is 1. The van der Waals surface area contributed by atoms with Gasteiger partial charge in [0, 0.05) is 5.39 Å². The molecule has 0 atom stereocenters. The van der Waals surface area contributed by atoms with Gasteiger partial charge >= 0.3 is 0 Å². The standard InChI is InChI=1S/C10H6O3S/c11-14(12,13)10-7-3-5-8-4-1-2-6-9(8)10/h2-5,7H,(H,11,12,13). The molecule has 0 aliphatic carbocycles. The highest BCUT2D eigenvalue weighted by Crippen LogP contribution is 2.21. The molecule has 2 aromatic rings. The molecule has 0 saturated carbocycles. The van der Waals surface area contributed by atoms with Gasteiger partial charge in [0.15, 0.2) is 0 Å². The largest absolute Gasteiger partial charge is 0.295 e. The first kappa shape index (κ1) is 9.18. The minimum atomic E-state index is -4.17. The zero-order valence-electron chi connectivity index (χ0n) is 7.06. The molecule has 1 N–H and O–H groups in total. The molecule has 2 aromatic carbocycles. The van der Waals surface area contributed by atoms with Crippen molar-refractivity contribution in [2.24, 2.45) is 0 Å². The van der Waals surface area contributed by atoms with Crippen molar-refractivity contribution < 1.29 is 13.0 Å². The Morgan fingerprint density at radius 2 is 2.07 bits per heavy atom. The molecule has 4 heteroatoms. The van der Waals surface area contributed by atoms with E-state index < -0.39 is 10.1 Å². The van der Waals surface area contributed by atoms with E-state index in [9.17, 15) is 8.42 Å². The molecule has 0 aromatic heterocycles. The van der Waals surface area contributed by atoms with Gasteiger partial charge in [0.1, 0.15) is 4.90 Å². The summed E-state index contributed by atoms with van der Waals surface area (Å²) in [5.41, 5.74) is 0. The normalized spacial score (nSPS) is 11.8. The molecule has 14 heavy (non-hydrogen) atoms. The van der Waals surface area contributed by atoms with E-state index in [4.69, 9.17) is 4.55 Å². The molecule has 0 amide bonds. The van der Waals surface area contributed by atoms with Crippen LogP contribution in [0.5, 0.6) is 0 Å². The summed E-state index contributed by atoms with van der Waals surface area (Å²) in [4.78, 5) is -0.121. The first-order valence-electron chi connectivity index (χ1n) is 3.87. The number of benzene rings is 2. The van der Waals surface area contributed by atoms with E-state index in [2.05, 4.69) is 12.1 Å². The zero-order chi connectivity index (χ0) is 10.2. The summed E-state index contributed by atoms with van der Waals surface area (Å²) in [5, 5.41) is 1.07. The SMILES string of the molecule is O=S(=O)(O)c1cccc2c[c]c[c]c12. The minimum absolute atomic E-state index is 0.121. The average Bonchev–Trinajstić information content (AvgIpc) is 2.15. The van der Waals surface area contributed by atoms with E-state index in [1.165, 1.54) is 12.1 Å². The van der Waals surface area contributed by atoms with E-state index in [-0.39, 0.29) is 4.90 Å². The smallest absolute Gasteiger partial charge is 0.282 e. The van der Waals surface area contributed by atoms with Gasteiger partial charge in [-0.15, -0.1) is 0 Å². The van der Waals surface area contributed by atoms with Crippen LogP contribution < -0.4 is 0 Å². The van der Waals surface area contributed by atoms with E-state index >= 15 is 0 Å². The lowest BCUT2D eigenvalue weighted by Crippen LogP contribution is -1.98. The summed E-state index contributed by atoms with van der Waals surface area (Å²) >= 11 is 0. The highest BCUT2D eigenvalue weighted by Gasteiger charge is 2.12. The summed E-state index contributed by atoms with van der Waals surface area (Å²) < 4.78 is 30.9. The summed E-state index contributed by atoms with van der Waals surface area (Å²) in [6.45, 7) is 0. The van der Waals surface area contributed by atoms with Gasteiger partial charge in [0.25, 0.3) is 10.1 Å². The quantitative estimate of drug-likeness (QED) is 0.722. The molecule has 3 nitrogen and oxygen atoms in total. The molecule has 0 aliphatic rings. The van der Waals surface area contributed by atoms with Gasteiger partial charge in [-0.25, -0.2) is 0 Å². The molecule has 0 spiro atoms. The third-order valence-corrected chi connectivity index (χ3v) is 2.77. The summed E-state index contributed by atoms with van der Waals surface area (Å²) in [5.74, 6) is 0. The van der Waals surface area contributed by atoms with Gasteiger partial charge < -0.3 is 0 Å². The zero-order valence-corrected chi connectivity index (χ0v) is 7.88. The van der Waals surface area contributed by atoms with Crippen molar-refractivity contribution in [2.75, 3.05) is 0 Å². The Morgan fingerprint density at radius 1 is 1.29 bits per heavy atom.